The molecule has 0 aliphatic carbocycles. The zero-order valence-corrected chi connectivity index (χ0v) is 14.2. The number of hydrogen-bond donors (Lipinski definition) is 1. The van der Waals surface area contributed by atoms with Crippen LogP contribution in [0, 0.1) is 6.92 Å². The Morgan fingerprint density at radius 3 is 2.61 bits per heavy atom. The molecule has 6 nitrogen and oxygen atoms in total. The van der Waals surface area contributed by atoms with E-state index in [0.717, 1.165) is 16.9 Å². The van der Waals surface area contributed by atoms with Crippen molar-refractivity contribution in [2.24, 2.45) is 7.05 Å². The number of rotatable bonds is 6. The van der Waals surface area contributed by atoms with Gasteiger partial charge in [-0.2, -0.15) is 0 Å². The van der Waals surface area contributed by atoms with Gasteiger partial charge >= 0.3 is 0 Å². The molecule has 0 atom stereocenters. The van der Waals surface area contributed by atoms with Crippen LogP contribution in [-0.4, -0.2) is 45.9 Å². The number of hydrogen-bond acceptors (Lipinski definition) is 3. The second-order valence-corrected chi connectivity index (χ2v) is 5.49. The molecule has 0 unspecified atom stereocenters. The number of carbonyl (C=O) groups is 2. The molecule has 0 radical (unpaired) electrons. The molecule has 2 aromatic rings. The molecular formula is C17H24N4O2. The Bertz CT molecular complexity index is 717. The number of fused-ring (bicyclic) bond motifs is 1. The maximum Gasteiger partial charge on any atom is 0.251 e. The van der Waals surface area contributed by atoms with E-state index in [0.29, 0.717) is 31.6 Å². The van der Waals surface area contributed by atoms with Crippen molar-refractivity contribution in [1.29, 1.82) is 0 Å². The molecule has 2 rings (SSSR count). The first-order chi connectivity index (χ1) is 11.0. The van der Waals surface area contributed by atoms with Crippen molar-refractivity contribution in [3.63, 3.8) is 0 Å². The van der Waals surface area contributed by atoms with E-state index in [2.05, 4.69) is 10.3 Å². The number of aromatic nitrogens is 2. The number of nitrogens with zero attached hydrogens (tertiary/aromatic N) is 3. The summed E-state index contributed by atoms with van der Waals surface area (Å²) in [5.74, 6) is 0.788. The maximum atomic E-state index is 12.2. The molecule has 0 bridgehead atoms. The van der Waals surface area contributed by atoms with E-state index in [9.17, 15) is 9.59 Å². The highest BCUT2D eigenvalue weighted by molar-refractivity contribution is 5.97. The lowest BCUT2D eigenvalue weighted by molar-refractivity contribution is -0.130. The number of aryl methyl sites for hydroxylation is 2. The first kappa shape index (κ1) is 17.0. The third-order valence-electron chi connectivity index (χ3n) is 4.11. The lowest BCUT2D eigenvalue weighted by Crippen LogP contribution is -2.34. The Balaban J connectivity index is 1.97. The molecule has 0 spiro atoms. The van der Waals surface area contributed by atoms with Gasteiger partial charge in [-0.05, 0) is 39.0 Å². The Labute approximate surface area is 136 Å². The predicted octanol–water partition coefficient (Wildman–Crippen LogP) is 1.87. The van der Waals surface area contributed by atoms with Crippen molar-refractivity contribution < 1.29 is 9.59 Å². The van der Waals surface area contributed by atoms with E-state index in [-0.39, 0.29) is 11.8 Å². The van der Waals surface area contributed by atoms with Crippen LogP contribution < -0.4 is 5.32 Å². The third-order valence-corrected chi connectivity index (χ3v) is 4.11. The van der Waals surface area contributed by atoms with E-state index in [1.54, 1.807) is 17.0 Å². The van der Waals surface area contributed by atoms with Gasteiger partial charge in [0, 0.05) is 38.7 Å². The molecule has 124 valence electrons. The summed E-state index contributed by atoms with van der Waals surface area (Å²) in [6.45, 7) is 7.55. The van der Waals surface area contributed by atoms with Crippen LogP contribution in [0.25, 0.3) is 11.0 Å². The average Bonchev–Trinajstić information content (AvgIpc) is 2.82. The van der Waals surface area contributed by atoms with Crippen molar-refractivity contribution in [2.45, 2.75) is 27.2 Å². The highest BCUT2D eigenvalue weighted by Gasteiger charge is 2.12. The highest BCUT2D eigenvalue weighted by Crippen LogP contribution is 2.16. The minimum Gasteiger partial charge on any atom is -0.352 e. The molecular weight excluding hydrogens is 292 g/mol. The zero-order chi connectivity index (χ0) is 17.0. The van der Waals surface area contributed by atoms with Crippen LogP contribution in [0.3, 0.4) is 0 Å². The van der Waals surface area contributed by atoms with Gasteiger partial charge in [-0.15, -0.1) is 0 Å². The Kier molecular flexibility index (Phi) is 5.36. The first-order valence-electron chi connectivity index (χ1n) is 7.97. The Morgan fingerprint density at radius 2 is 1.96 bits per heavy atom. The van der Waals surface area contributed by atoms with Gasteiger partial charge in [-0.1, -0.05) is 0 Å². The van der Waals surface area contributed by atoms with Crippen molar-refractivity contribution in [2.75, 3.05) is 19.6 Å². The molecule has 1 aromatic heterocycles. The highest BCUT2D eigenvalue weighted by atomic mass is 16.2. The largest absolute Gasteiger partial charge is 0.352 e. The molecule has 1 heterocycles. The standard InChI is InChI=1S/C17H24N4O2/c1-5-21(6-2)16(22)9-10-18-17(23)13-7-8-15-14(11-13)19-12(3)20(15)4/h7-8,11H,5-6,9-10H2,1-4H3,(H,18,23). The summed E-state index contributed by atoms with van der Waals surface area (Å²) in [4.78, 5) is 30.3. The van der Waals surface area contributed by atoms with Crippen molar-refractivity contribution in [1.82, 2.24) is 19.8 Å². The van der Waals surface area contributed by atoms with Crippen molar-refractivity contribution >= 4 is 22.8 Å². The number of amides is 2. The van der Waals surface area contributed by atoms with Gasteiger partial charge in [0.1, 0.15) is 5.82 Å². The van der Waals surface area contributed by atoms with E-state index in [1.807, 2.05) is 38.5 Å². The summed E-state index contributed by atoms with van der Waals surface area (Å²) in [7, 11) is 1.95. The molecule has 23 heavy (non-hydrogen) atoms. The van der Waals surface area contributed by atoms with Gasteiger partial charge in [0.25, 0.3) is 5.91 Å². The number of carbonyl (C=O) groups excluding carboxylic acids is 2. The zero-order valence-electron chi connectivity index (χ0n) is 14.2. The normalized spacial score (nSPS) is 10.8. The summed E-state index contributed by atoms with van der Waals surface area (Å²) >= 11 is 0. The van der Waals surface area contributed by atoms with Crippen LogP contribution in [0.4, 0.5) is 0 Å². The monoisotopic (exact) mass is 316 g/mol. The average molecular weight is 316 g/mol. The molecule has 0 aliphatic rings. The molecule has 0 saturated heterocycles. The fraction of sp³-hybridized carbons (Fsp3) is 0.471. The van der Waals surface area contributed by atoms with Gasteiger partial charge in [0.15, 0.2) is 0 Å². The summed E-state index contributed by atoms with van der Waals surface area (Å²) in [5, 5.41) is 2.80. The molecule has 1 aromatic carbocycles. The topological polar surface area (TPSA) is 67.2 Å². The van der Waals surface area contributed by atoms with Gasteiger partial charge < -0.3 is 14.8 Å². The van der Waals surface area contributed by atoms with Crippen LogP contribution in [0.15, 0.2) is 18.2 Å². The number of nitrogens with one attached hydrogen (secondary N) is 1. The van der Waals surface area contributed by atoms with Crippen LogP contribution in [0.5, 0.6) is 0 Å². The van der Waals surface area contributed by atoms with Gasteiger partial charge in [-0.25, -0.2) is 4.98 Å². The summed E-state index contributed by atoms with van der Waals surface area (Å²) in [5.41, 5.74) is 2.36. The molecule has 0 fully saturated rings. The van der Waals surface area contributed by atoms with E-state index in [1.165, 1.54) is 0 Å². The number of imidazole rings is 1. The fourth-order valence-electron chi connectivity index (χ4n) is 2.58. The second kappa shape index (κ2) is 7.26. The van der Waals surface area contributed by atoms with Crippen molar-refractivity contribution in [3.05, 3.63) is 29.6 Å². The van der Waals surface area contributed by atoms with Crippen LogP contribution in [0.1, 0.15) is 36.5 Å². The van der Waals surface area contributed by atoms with E-state index >= 15 is 0 Å². The number of benzene rings is 1. The van der Waals surface area contributed by atoms with Crippen LogP contribution in [0.2, 0.25) is 0 Å². The Morgan fingerprint density at radius 1 is 1.26 bits per heavy atom. The molecule has 2 amide bonds. The third kappa shape index (κ3) is 3.70. The van der Waals surface area contributed by atoms with Gasteiger partial charge in [0.2, 0.25) is 5.91 Å². The lowest BCUT2D eigenvalue weighted by Gasteiger charge is -2.18. The maximum absolute atomic E-state index is 12.2. The van der Waals surface area contributed by atoms with E-state index in [4.69, 9.17) is 0 Å². The first-order valence-corrected chi connectivity index (χ1v) is 7.97. The molecule has 0 aliphatic heterocycles. The lowest BCUT2D eigenvalue weighted by atomic mass is 10.2. The summed E-state index contributed by atoms with van der Waals surface area (Å²) in [6, 6.07) is 5.46. The summed E-state index contributed by atoms with van der Waals surface area (Å²) < 4.78 is 1.99. The second-order valence-electron chi connectivity index (χ2n) is 5.49. The quantitative estimate of drug-likeness (QED) is 0.884. The predicted molar refractivity (Wildman–Crippen MR) is 90.3 cm³/mol. The van der Waals surface area contributed by atoms with Gasteiger partial charge in [0.05, 0.1) is 11.0 Å². The van der Waals surface area contributed by atoms with Crippen LogP contribution >= 0.6 is 0 Å². The SMILES string of the molecule is CCN(CC)C(=O)CCNC(=O)c1ccc2c(c1)nc(C)n2C. The van der Waals surface area contributed by atoms with Gasteiger partial charge in [-0.3, -0.25) is 9.59 Å². The minimum absolute atomic E-state index is 0.0612. The minimum atomic E-state index is -0.178. The van der Waals surface area contributed by atoms with Crippen molar-refractivity contribution in [3.8, 4) is 0 Å². The summed E-state index contributed by atoms with van der Waals surface area (Å²) in [6.07, 6.45) is 0.318. The van der Waals surface area contributed by atoms with E-state index < -0.39 is 0 Å². The fourth-order valence-corrected chi connectivity index (χ4v) is 2.58. The molecule has 0 saturated carbocycles. The smallest absolute Gasteiger partial charge is 0.251 e. The van der Waals surface area contributed by atoms with Crippen LogP contribution in [-0.2, 0) is 11.8 Å². The molecule has 6 heteroatoms. The Hall–Kier alpha value is -2.37. The molecule has 1 N–H and O–H groups in total.